The van der Waals surface area contributed by atoms with E-state index in [0.717, 1.165) is 0 Å². The number of para-hydroxylation sites is 1. The third-order valence-electron chi connectivity index (χ3n) is 3.24. The number of carbonyl (C=O) groups is 1. The third-order valence-corrected chi connectivity index (χ3v) is 3.24. The second-order valence-corrected chi connectivity index (χ2v) is 4.69. The van der Waals surface area contributed by atoms with Gasteiger partial charge < -0.3 is 14.8 Å². The Hall–Kier alpha value is -3.52. The minimum absolute atomic E-state index is 0.191. The van der Waals surface area contributed by atoms with Crippen LogP contribution in [0.15, 0.2) is 59.4 Å². The number of aromatic carboxylic acids is 1. The molecule has 1 heterocycles. The number of benzene rings is 2. The molecule has 0 saturated heterocycles. The van der Waals surface area contributed by atoms with E-state index in [9.17, 15) is 9.59 Å². The van der Waals surface area contributed by atoms with Gasteiger partial charge in [-0.3, -0.25) is 4.79 Å². The van der Waals surface area contributed by atoms with Crippen molar-refractivity contribution in [1.29, 1.82) is 0 Å². The van der Waals surface area contributed by atoms with Crippen molar-refractivity contribution < 1.29 is 14.6 Å². The Kier molecular flexibility index (Phi) is 5.37. The van der Waals surface area contributed by atoms with Gasteiger partial charge in [0.1, 0.15) is 17.0 Å². The number of pyridine rings is 1. The molecule has 2 aromatic carbocycles. The Balaban J connectivity index is 0.000000292. The minimum Gasteiger partial charge on any atom is -0.495 e. The van der Waals surface area contributed by atoms with Crippen molar-refractivity contribution >= 4 is 16.9 Å². The highest BCUT2D eigenvalue weighted by Crippen LogP contribution is 2.22. The predicted octanol–water partition coefficient (Wildman–Crippen LogP) is 2.90. The maximum absolute atomic E-state index is 12.1. The van der Waals surface area contributed by atoms with Gasteiger partial charge in [-0.15, -0.1) is 6.42 Å². The van der Waals surface area contributed by atoms with Crippen molar-refractivity contribution in [3.63, 3.8) is 0 Å². The number of nitrogens with one attached hydrogen (secondary N) is 1. The van der Waals surface area contributed by atoms with Crippen LogP contribution in [0.4, 0.5) is 0 Å². The number of fused-ring (bicyclic) bond motifs is 1. The first kappa shape index (κ1) is 16.8. The Bertz CT molecular complexity index is 926. The lowest BCUT2D eigenvalue weighted by Crippen LogP contribution is -2.16. The molecule has 2 N–H and O–H groups in total. The highest BCUT2D eigenvalue weighted by atomic mass is 16.5. The second-order valence-electron chi connectivity index (χ2n) is 4.69. The monoisotopic (exact) mass is 321 g/mol. The van der Waals surface area contributed by atoms with Gasteiger partial charge in [0.25, 0.3) is 0 Å². The Morgan fingerprint density at radius 2 is 1.71 bits per heavy atom. The summed E-state index contributed by atoms with van der Waals surface area (Å²) in [7, 11) is 1.43. The number of carboxylic acids is 1. The van der Waals surface area contributed by atoms with Crippen LogP contribution < -0.4 is 10.2 Å². The van der Waals surface area contributed by atoms with Crippen LogP contribution in [0.1, 0.15) is 16.1 Å². The van der Waals surface area contributed by atoms with Crippen LogP contribution in [0, 0.1) is 12.3 Å². The van der Waals surface area contributed by atoms with E-state index in [2.05, 4.69) is 10.9 Å². The van der Waals surface area contributed by atoms with Gasteiger partial charge in [-0.25, -0.2) is 4.79 Å². The van der Waals surface area contributed by atoms with E-state index in [4.69, 9.17) is 16.3 Å². The molecule has 0 amide bonds. The van der Waals surface area contributed by atoms with Gasteiger partial charge in [-0.2, -0.15) is 0 Å². The van der Waals surface area contributed by atoms with E-state index in [1.165, 1.54) is 7.11 Å². The van der Waals surface area contributed by atoms with E-state index in [-0.39, 0.29) is 11.3 Å². The quantitative estimate of drug-likeness (QED) is 0.711. The van der Waals surface area contributed by atoms with Crippen LogP contribution in [-0.2, 0) is 0 Å². The van der Waals surface area contributed by atoms with E-state index >= 15 is 0 Å². The molecule has 5 heteroatoms. The smallest absolute Gasteiger partial charge is 0.353 e. The maximum Gasteiger partial charge on any atom is 0.353 e. The molecule has 24 heavy (non-hydrogen) atoms. The summed E-state index contributed by atoms with van der Waals surface area (Å²) < 4.78 is 5.08. The lowest BCUT2D eigenvalue weighted by Gasteiger charge is -2.07. The van der Waals surface area contributed by atoms with Gasteiger partial charge >= 0.3 is 5.97 Å². The number of carboxylic acid groups (broad SMARTS) is 1. The average molecular weight is 321 g/mol. The SMILES string of the molecule is C#Cc1c(C(=O)O)[nH]c2c(OC)cccc2c1=O.c1ccccc1. The largest absolute Gasteiger partial charge is 0.495 e. The summed E-state index contributed by atoms with van der Waals surface area (Å²) in [4.78, 5) is 25.8. The molecule has 0 aliphatic carbocycles. The van der Waals surface area contributed by atoms with Gasteiger partial charge in [-0.05, 0) is 12.1 Å². The van der Waals surface area contributed by atoms with Crippen LogP contribution in [0.2, 0.25) is 0 Å². The molecule has 5 nitrogen and oxygen atoms in total. The molecule has 0 atom stereocenters. The summed E-state index contributed by atoms with van der Waals surface area (Å²) in [6, 6.07) is 16.8. The van der Waals surface area contributed by atoms with E-state index < -0.39 is 11.4 Å². The lowest BCUT2D eigenvalue weighted by molar-refractivity contribution is 0.0690. The van der Waals surface area contributed by atoms with Crippen LogP contribution >= 0.6 is 0 Å². The number of hydrogen-bond donors (Lipinski definition) is 2. The number of ether oxygens (including phenoxy) is 1. The van der Waals surface area contributed by atoms with Crippen molar-refractivity contribution in [3.05, 3.63) is 76.1 Å². The van der Waals surface area contributed by atoms with Crippen molar-refractivity contribution in [2.45, 2.75) is 0 Å². The summed E-state index contributed by atoms with van der Waals surface area (Å²) >= 11 is 0. The van der Waals surface area contributed by atoms with Crippen molar-refractivity contribution in [3.8, 4) is 18.1 Å². The van der Waals surface area contributed by atoms with Gasteiger partial charge in [0.15, 0.2) is 0 Å². The van der Waals surface area contributed by atoms with Crippen molar-refractivity contribution in [2.24, 2.45) is 0 Å². The van der Waals surface area contributed by atoms with E-state index in [1.807, 2.05) is 36.4 Å². The second kappa shape index (κ2) is 7.65. The molecular weight excluding hydrogens is 306 g/mol. The van der Waals surface area contributed by atoms with E-state index in [1.54, 1.807) is 18.2 Å². The number of terminal acetylenes is 1. The molecule has 0 saturated carbocycles. The third kappa shape index (κ3) is 3.45. The Labute approximate surface area is 138 Å². The van der Waals surface area contributed by atoms with Gasteiger partial charge in [0, 0.05) is 0 Å². The summed E-state index contributed by atoms with van der Waals surface area (Å²) in [6.07, 6.45) is 5.19. The van der Waals surface area contributed by atoms with Gasteiger partial charge in [-0.1, -0.05) is 48.4 Å². The summed E-state index contributed by atoms with van der Waals surface area (Å²) in [5.74, 6) is 1.21. The van der Waals surface area contributed by atoms with Crippen LogP contribution in [0.25, 0.3) is 10.9 Å². The molecule has 3 aromatic rings. The first-order valence-electron chi connectivity index (χ1n) is 7.03. The highest BCUT2D eigenvalue weighted by Gasteiger charge is 2.17. The standard InChI is InChI=1S/C13H9NO4.C6H6/c1-3-7-11(13(16)17)14-10-8(12(7)15)5-4-6-9(10)18-2;1-2-4-6-5-3-1/h1,4-6H,2H3,(H,14,15)(H,16,17);1-6H. The zero-order valence-corrected chi connectivity index (χ0v) is 12.9. The van der Waals surface area contributed by atoms with E-state index in [0.29, 0.717) is 16.7 Å². The molecule has 0 radical (unpaired) electrons. The van der Waals surface area contributed by atoms with Crippen LogP contribution in [-0.4, -0.2) is 23.2 Å². The van der Waals surface area contributed by atoms with Crippen LogP contribution in [0.3, 0.4) is 0 Å². The average Bonchev–Trinajstić information content (AvgIpc) is 2.63. The molecule has 0 fully saturated rings. The van der Waals surface area contributed by atoms with Gasteiger partial charge in [0.05, 0.1) is 18.0 Å². The predicted molar refractivity (Wildman–Crippen MR) is 92.5 cm³/mol. The Morgan fingerprint density at radius 3 is 2.17 bits per heavy atom. The number of rotatable bonds is 2. The first-order chi connectivity index (χ1) is 11.6. The fourth-order valence-corrected chi connectivity index (χ4v) is 2.14. The number of methoxy groups -OCH3 is 1. The number of aromatic nitrogens is 1. The first-order valence-corrected chi connectivity index (χ1v) is 7.03. The maximum atomic E-state index is 12.1. The number of H-pyrrole nitrogens is 1. The summed E-state index contributed by atoms with van der Waals surface area (Å²) in [5, 5.41) is 9.34. The summed E-state index contributed by atoms with van der Waals surface area (Å²) in [6.45, 7) is 0. The number of hydrogen-bond acceptors (Lipinski definition) is 3. The summed E-state index contributed by atoms with van der Waals surface area (Å²) in [5.41, 5.74) is -0.674. The number of aromatic amines is 1. The zero-order chi connectivity index (χ0) is 17.5. The molecule has 3 rings (SSSR count). The molecule has 0 aliphatic heterocycles. The Morgan fingerprint density at radius 1 is 1.12 bits per heavy atom. The fraction of sp³-hybridized carbons (Fsp3) is 0.0526. The van der Waals surface area contributed by atoms with Crippen molar-refractivity contribution in [2.75, 3.05) is 7.11 Å². The lowest BCUT2D eigenvalue weighted by atomic mass is 10.1. The van der Waals surface area contributed by atoms with Gasteiger partial charge in [0.2, 0.25) is 5.43 Å². The minimum atomic E-state index is -1.28. The topological polar surface area (TPSA) is 79.4 Å². The molecule has 120 valence electrons. The molecule has 0 aliphatic rings. The highest BCUT2D eigenvalue weighted by molar-refractivity contribution is 5.94. The molecular formula is C19H15NO4. The zero-order valence-electron chi connectivity index (χ0n) is 12.9. The normalized spacial score (nSPS) is 9.50. The fourth-order valence-electron chi connectivity index (χ4n) is 2.14. The van der Waals surface area contributed by atoms with Crippen molar-refractivity contribution in [1.82, 2.24) is 4.98 Å². The molecule has 0 spiro atoms. The molecule has 0 bridgehead atoms. The molecule has 1 aromatic heterocycles. The van der Waals surface area contributed by atoms with Crippen LogP contribution in [0.5, 0.6) is 5.75 Å². The molecule has 0 unspecified atom stereocenters.